The highest BCUT2D eigenvalue weighted by molar-refractivity contribution is 5.97. The van der Waals surface area contributed by atoms with Crippen molar-refractivity contribution in [3.8, 4) is 11.4 Å². The van der Waals surface area contributed by atoms with Crippen LogP contribution in [0.15, 0.2) is 71.8 Å². The number of carbonyl (C=O) groups excluding carboxylic acids is 1. The van der Waals surface area contributed by atoms with E-state index in [0.717, 1.165) is 11.3 Å². The largest absolute Gasteiger partial charge is 0.494 e. The maximum Gasteiger partial charge on any atom is 0.267 e. The van der Waals surface area contributed by atoms with Gasteiger partial charge >= 0.3 is 0 Å². The molecular formula is C27H27N5O4. The number of anilines is 1. The van der Waals surface area contributed by atoms with Gasteiger partial charge in [-0.05, 0) is 67.1 Å². The van der Waals surface area contributed by atoms with Crippen molar-refractivity contribution < 1.29 is 14.3 Å². The molecule has 1 N–H and O–H groups in total. The number of rotatable bonds is 7. The Morgan fingerprint density at radius 3 is 2.53 bits per heavy atom. The van der Waals surface area contributed by atoms with Gasteiger partial charge < -0.3 is 19.7 Å². The number of aromatic nitrogens is 3. The van der Waals surface area contributed by atoms with Gasteiger partial charge in [-0.2, -0.15) is 0 Å². The van der Waals surface area contributed by atoms with Gasteiger partial charge in [-0.15, -0.1) is 0 Å². The fourth-order valence-corrected chi connectivity index (χ4v) is 4.17. The van der Waals surface area contributed by atoms with E-state index in [4.69, 9.17) is 14.5 Å². The van der Waals surface area contributed by atoms with Crippen LogP contribution in [-0.4, -0.2) is 53.4 Å². The van der Waals surface area contributed by atoms with E-state index < -0.39 is 0 Å². The Balaban J connectivity index is 1.53. The molecule has 2 aromatic carbocycles. The number of fused-ring (bicyclic) bond motifs is 1. The Hall–Kier alpha value is -4.24. The Morgan fingerprint density at radius 1 is 1.06 bits per heavy atom. The maximum absolute atomic E-state index is 13.7. The Labute approximate surface area is 208 Å². The third kappa shape index (κ3) is 4.92. The summed E-state index contributed by atoms with van der Waals surface area (Å²) < 4.78 is 12.7. The van der Waals surface area contributed by atoms with E-state index in [1.54, 1.807) is 35.2 Å². The average Bonchev–Trinajstić information content (AvgIpc) is 2.93. The SMILES string of the molecule is CCOc1ccc(-n2c(N3CCOCC3)nc3cc(C(=O)NCc4ccncc4)ccc3c2=O)cc1. The smallest absolute Gasteiger partial charge is 0.267 e. The van der Waals surface area contributed by atoms with E-state index in [-0.39, 0.29) is 11.5 Å². The number of carbonyl (C=O) groups is 1. The molecule has 0 radical (unpaired) electrons. The van der Waals surface area contributed by atoms with E-state index in [2.05, 4.69) is 10.3 Å². The highest BCUT2D eigenvalue weighted by atomic mass is 16.5. The number of amides is 1. The van der Waals surface area contributed by atoms with Crippen LogP contribution >= 0.6 is 0 Å². The highest BCUT2D eigenvalue weighted by Crippen LogP contribution is 2.23. The molecule has 3 heterocycles. The zero-order valence-corrected chi connectivity index (χ0v) is 20.0. The molecule has 0 unspecified atom stereocenters. The zero-order valence-electron chi connectivity index (χ0n) is 20.0. The van der Waals surface area contributed by atoms with Gasteiger partial charge in [0, 0.05) is 37.6 Å². The number of pyridine rings is 1. The first-order chi connectivity index (χ1) is 17.6. The summed E-state index contributed by atoms with van der Waals surface area (Å²) in [6, 6.07) is 16.1. The maximum atomic E-state index is 13.7. The fraction of sp³-hybridized carbons (Fsp3) is 0.259. The Kier molecular flexibility index (Phi) is 6.90. The van der Waals surface area contributed by atoms with Gasteiger partial charge in [-0.3, -0.25) is 14.6 Å². The molecule has 5 rings (SSSR count). The van der Waals surface area contributed by atoms with Crippen molar-refractivity contribution in [2.24, 2.45) is 0 Å². The van der Waals surface area contributed by atoms with Gasteiger partial charge in [0.05, 0.1) is 36.4 Å². The minimum absolute atomic E-state index is 0.200. The number of ether oxygens (including phenoxy) is 2. The number of morpholine rings is 1. The normalized spacial score (nSPS) is 13.5. The lowest BCUT2D eigenvalue weighted by molar-refractivity contribution is 0.0951. The van der Waals surface area contributed by atoms with Gasteiger partial charge in [-0.1, -0.05) is 0 Å². The van der Waals surface area contributed by atoms with E-state index in [9.17, 15) is 9.59 Å². The number of benzene rings is 2. The summed E-state index contributed by atoms with van der Waals surface area (Å²) in [5, 5.41) is 3.35. The molecule has 9 heteroatoms. The average molecular weight is 486 g/mol. The van der Waals surface area contributed by atoms with Gasteiger partial charge in [0.25, 0.3) is 11.5 Å². The van der Waals surface area contributed by atoms with E-state index >= 15 is 0 Å². The summed E-state index contributed by atoms with van der Waals surface area (Å²) in [6.45, 7) is 5.20. The summed E-state index contributed by atoms with van der Waals surface area (Å²) in [5.41, 5.74) is 2.36. The molecule has 0 aliphatic carbocycles. The third-order valence-corrected chi connectivity index (χ3v) is 6.02. The summed E-state index contributed by atoms with van der Waals surface area (Å²) in [7, 11) is 0. The molecule has 184 valence electrons. The second-order valence-electron chi connectivity index (χ2n) is 8.35. The van der Waals surface area contributed by atoms with Gasteiger partial charge in [0.15, 0.2) is 0 Å². The topological polar surface area (TPSA) is 98.6 Å². The highest BCUT2D eigenvalue weighted by Gasteiger charge is 2.21. The molecule has 36 heavy (non-hydrogen) atoms. The molecule has 1 saturated heterocycles. The Morgan fingerprint density at radius 2 is 1.81 bits per heavy atom. The van der Waals surface area contributed by atoms with Crippen LogP contribution < -0.4 is 20.5 Å². The van der Waals surface area contributed by atoms with Gasteiger partial charge in [-0.25, -0.2) is 9.55 Å². The van der Waals surface area contributed by atoms with Crippen LogP contribution in [0, 0.1) is 0 Å². The second-order valence-corrected chi connectivity index (χ2v) is 8.35. The zero-order chi connectivity index (χ0) is 24.9. The second kappa shape index (κ2) is 10.6. The first kappa shape index (κ1) is 23.5. The predicted octanol–water partition coefficient (Wildman–Crippen LogP) is 2.95. The molecule has 2 aromatic heterocycles. The van der Waals surface area contributed by atoms with E-state index in [1.807, 2.05) is 48.2 Å². The first-order valence-electron chi connectivity index (χ1n) is 11.9. The summed E-state index contributed by atoms with van der Waals surface area (Å²) in [5.74, 6) is 1.02. The lowest BCUT2D eigenvalue weighted by Crippen LogP contribution is -2.40. The van der Waals surface area contributed by atoms with Crippen LogP contribution in [0.5, 0.6) is 5.75 Å². The monoisotopic (exact) mass is 485 g/mol. The van der Waals surface area contributed by atoms with E-state index in [0.29, 0.717) is 67.6 Å². The molecule has 0 spiro atoms. The lowest BCUT2D eigenvalue weighted by Gasteiger charge is -2.30. The molecule has 1 aliphatic heterocycles. The van der Waals surface area contributed by atoms with Crippen LogP contribution in [0.4, 0.5) is 5.95 Å². The van der Waals surface area contributed by atoms with Crippen LogP contribution in [-0.2, 0) is 11.3 Å². The van der Waals surface area contributed by atoms with E-state index in [1.165, 1.54) is 0 Å². The van der Waals surface area contributed by atoms with Crippen LogP contribution in [0.2, 0.25) is 0 Å². The van der Waals surface area contributed by atoms with Crippen LogP contribution in [0.3, 0.4) is 0 Å². The predicted molar refractivity (Wildman–Crippen MR) is 137 cm³/mol. The lowest BCUT2D eigenvalue weighted by atomic mass is 10.1. The third-order valence-electron chi connectivity index (χ3n) is 6.02. The molecule has 0 atom stereocenters. The quantitative estimate of drug-likeness (QED) is 0.430. The molecule has 4 aromatic rings. The van der Waals surface area contributed by atoms with Crippen molar-refractivity contribution >= 4 is 22.8 Å². The number of nitrogens with zero attached hydrogens (tertiary/aromatic N) is 4. The molecule has 1 amide bonds. The number of hydrogen-bond donors (Lipinski definition) is 1. The fourth-order valence-electron chi connectivity index (χ4n) is 4.17. The first-order valence-corrected chi connectivity index (χ1v) is 11.9. The van der Waals surface area contributed by atoms with Crippen molar-refractivity contribution in [1.29, 1.82) is 0 Å². The van der Waals surface area contributed by atoms with Crippen LogP contribution in [0.25, 0.3) is 16.6 Å². The molecular weight excluding hydrogens is 458 g/mol. The summed E-state index contributed by atoms with van der Waals surface area (Å²) in [4.78, 5) is 37.5. The molecule has 0 saturated carbocycles. The molecule has 1 aliphatic rings. The molecule has 0 bridgehead atoms. The molecule has 9 nitrogen and oxygen atoms in total. The van der Waals surface area contributed by atoms with Crippen LogP contribution in [0.1, 0.15) is 22.8 Å². The molecule has 1 fully saturated rings. The van der Waals surface area contributed by atoms with Crippen molar-refractivity contribution in [3.63, 3.8) is 0 Å². The summed E-state index contributed by atoms with van der Waals surface area (Å²) in [6.07, 6.45) is 3.37. The number of hydrogen-bond acceptors (Lipinski definition) is 7. The van der Waals surface area contributed by atoms with Crippen molar-refractivity contribution in [1.82, 2.24) is 19.9 Å². The van der Waals surface area contributed by atoms with Crippen molar-refractivity contribution in [2.45, 2.75) is 13.5 Å². The van der Waals surface area contributed by atoms with Crippen molar-refractivity contribution in [3.05, 3.63) is 88.5 Å². The standard InChI is InChI=1S/C27H27N5O4/c1-2-36-22-6-4-21(5-7-22)32-26(34)23-8-3-20(25(33)29-18-19-9-11-28-12-10-19)17-24(23)30-27(32)31-13-15-35-16-14-31/h3-12,17H,2,13-16,18H2,1H3,(H,29,33). The van der Waals surface area contributed by atoms with Gasteiger partial charge in [0.2, 0.25) is 5.95 Å². The van der Waals surface area contributed by atoms with Crippen molar-refractivity contribution in [2.75, 3.05) is 37.8 Å². The minimum atomic E-state index is -0.237. The number of nitrogens with one attached hydrogen (secondary N) is 1. The Bertz CT molecular complexity index is 1410. The summed E-state index contributed by atoms with van der Waals surface area (Å²) >= 11 is 0. The van der Waals surface area contributed by atoms with Gasteiger partial charge in [0.1, 0.15) is 5.75 Å². The minimum Gasteiger partial charge on any atom is -0.494 e.